The molecule has 0 N–H and O–H groups in total. The molecule has 13 aromatic rings. The average molecular weight is 910 g/mol. The third kappa shape index (κ3) is 6.25. The molecule has 328 valence electrons. The van der Waals surface area contributed by atoms with Crippen LogP contribution in [0.2, 0.25) is 0 Å². The molecule has 14 rings (SSSR count). The van der Waals surface area contributed by atoms with E-state index in [0.29, 0.717) is 0 Å². The number of rotatable bonds is 8. The molecular formula is C67H43NOS. The van der Waals surface area contributed by atoms with Crippen molar-refractivity contribution in [2.75, 3.05) is 4.90 Å². The van der Waals surface area contributed by atoms with Gasteiger partial charge in [-0.25, -0.2) is 0 Å². The molecule has 0 bridgehead atoms. The zero-order valence-electron chi connectivity index (χ0n) is 38.1. The number of fused-ring (bicyclic) bond motifs is 9. The first-order valence-corrected chi connectivity index (χ1v) is 24.8. The van der Waals surface area contributed by atoms with Crippen LogP contribution in [0.3, 0.4) is 0 Å². The van der Waals surface area contributed by atoms with Crippen molar-refractivity contribution in [2.24, 2.45) is 0 Å². The minimum absolute atomic E-state index is 0.523. The molecule has 1 aliphatic carbocycles. The number of anilines is 3. The minimum Gasteiger partial charge on any atom is -0.456 e. The van der Waals surface area contributed by atoms with Crippen molar-refractivity contribution in [1.82, 2.24) is 0 Å². The fourth-order valence-corrected chi connectivity index (χ4v) is 12.5. The van der Waals surface area contributed by atoms with Crippen LogP contribution in [-0.4, -0.2) is 0 Å². The van der Waals surface area contributed by atoms with E-state index in [0.717, 1.165) is 50.1 Å². The van der Waals surface area contributed by atoms with Gasteiger partial charge in [0.25, 0.3) is 0 Å². The maximum absolute atomic E-state index is 6.33. The van der Waals surface area contributed by atoms with Gasteiger partial charge in [-0.2, -0.15) is 0 Å². The second kappa shape index (κ2) is 16.2. The highest BCUT2D eigenvalue weighted by Gasteiger charge is 2.47. The van der Waals surface area contributed by atoms with Crippen LogP contribution in [0, 0.1) is 0 Å². The summed E-state index contributed by atoms with van der Waals surface area (Å²) in [5.74, 6) is 0. The molecule has 0 unspecified atom stereocenters. The minimum atomic E-state index is -0.523. The first kappa shape index (κ1) is 40.3. The zero-order valence-corrected chi connectivity index (χ0v) is 38.9. The molecule has 2 nitrogen and oxygen atoms in total. The average Bonchev–Trinajstić information content (AvgIpc) is 4.11. The van der Waals surface area contributed by atoms with Crippen LogP contribution in [0.5, 0.6) is 0 Å². The Kier molecular flexibility index (Phi) is 9.33. The Morgan fingerprint density at radius 1 is 0.343 bits per heavy atom. The van der Waals surface area contributed by atoms with Crippen molar-refractivity contribution in [3.8, 4) is 44.5 Å². The molecule has 0 aliphatic heterocycles. The molecule has 0 fully saturated rings. The van der Waals surface area contributed by atoms with E-state index in [2.05, 4.69) is 260 Å². The fourth-order valence-electron chi connectivity index (χ4n) is 11.5. The molecule has 0 spiro atoms. The number of nitrogens with zero attached hydrogens (tertiary/aromatic N) is 1. The van der Waals surface area contributed by atoms with Crippen LogP contribution in [0.1, 0.15) is 22.3 Å². The summed E-state index contributed by atoms with van der Waals surface area (Å²) in [7, 11) is 0. The largest absolute Gasteiger partial charge is 0.456 e. The Morgan fingerprint density at radius 3 is 1.59 bits per heavy atom. The molecule has 0 saturated carbocycles. The quantitative estimate of drug-likeness (QED) is 0.151. The van der Waals surface area contributed by atoms with Crippen LogP contribution in [0.4, 0.5) is 17.1 Å². The lowest BCUT2D eigenvalue weighted by atomic mass is 9.68. The van der Waals surface area contributed by atoms with Crippen LogP contribution in [0.25, 0.3) is 86.6 Å². The van der Waals surface area contributed by atoms with Crippen molar-refractivity contribution in [3.63, 3.8) is 0 Å². The Labute approximate surface area is 410 Å². The Bertz CT molecular complexity index is 4050. The Balaban J connectivity index is 0.907. The summed E-state index contributed by atoms with van der Waals surface area (Å²) in [6.45, 7) is 0. The van der Waals surface area contributed by atoms with E-state index in [1.807, 2.05) is 17.4 Å². The van der Waals surface area contributed by atoms with Gasteiger partial charge < -0.3 is 9.32 Å². The summed E-state index contributed by atoms with van der Waals surface area (Å²) in [5.41, 5.74) is 19.2. The summed E-state index contributed by atoms with van der Waals surface area (Å²) in [4.78, 5) is 2.45. The summed E-state index contributed by atoms with van der Waals surface area (Å²) < 4.78 is 8.98. The van der Waals surface area contributed by atoms with Gasteiger partial charge in [-0.3, -0.25) is 0 Å². The highest BCUT2D eigenvalue weighted by atomic mass is 32.1. The molecule has 3 heteroatoms. The van der Waals surface area contributed by atoms with Crippen molar-refractivity contribution in [1.29, 1.82) is 0 Å². The molecule has 1 aliphatic rings. The normalized spacial score (nSPS) is 12.7. The maximum atomic E-state index is 6.33. The van der Waals surface area contributed by atoms with Crippen molar-refractivity contribution < 1.29 is 4.42 Å². The Hall–Kier alpha value is -8.76. The lowest BCUT2D eigenvalue weighted by Crippen LogP contribution is -2.28. The first-order chi connectivity index (χ1) is 34.7. The van der Waals surface area contributed by atoms with Crippen LogP contribution < -0.4 is 4.90 Å². The second-order valence-electron chi connectivity index (χ2n) is 18.3. The number of para-hydroxylation sites is 1. The number of furan rings is 1. The molecule has 70 heavy (non-hydrogen) atoms. The molecular weight excluding hydrogens is 867 g/mol. The first-order valence-electron chi connectivity index (χ1n) is 24.0. The van der Waals surface area contributed by atoms with Crippen LogP contribution in [-0.2, 0) is 5.41 Å². The Morgan fingerprint density at radius 2 is 0.857 bits per heavy atom. The molecule has 2 aromatic heterocycles. The van der Waals surface area contributed by atoms with Gasteiger partial charge in [0, 0.05) is 47.9 Å². The number of thiophene rings is 1. The van der Waals surface area contributed by atoms with E-state index >= 15 is 0 Å². The summed E-state index contributed by atoms with van der Waals surface area (Å²) in [5, 5.41) is 4.90. The van der Waals surface area contributed by atoms with Crippen LogP contribution >= 0.6 is 11.3 Å². The van der Waals surface area contributed by atoms with Gasteiger partial charge in [0.15, 0.2) is 0 Å². The molecule has 0 saturated heterocycles. The third-order valence-electron chi connectivity index (χ3n) is 14.6. The van der Waals surface area contributed by atoms with E-state index in [9.17, 15) is 0 Å². The van der Waals surface area contributed by atoms with Gasteiger partial charge in [-0.05, 0) is 122 Å². The van der Waals surface area contributed by atoms with E-state index in [4.69, 9.17) is 4.42 Å². The van der Waals surface area contributed by atoms with Crippen molar-refractivity contribution >= 4 is 70.5 Å². The lowest BCUT2D eigenvalue weighted by molar-refractivity contribution is 0.669. The van der Waals surface area contributed by atoms with Gasteiger partial charge in [0.05, 0.1) is 11.1 Å². The smallest absolute Gasteiger partial charge is 0.136 e. The summed E-state index contributed by atoms with van der Waals surface area (Å²) >= 11 is 1.86. The predicted molar refractivity (Wildman–Crippen MR) is 295 cm³/mol. The molecule has 11 aromatic carbocycles. The SMILES string of the molecule is c1ccc(C2(c3ccccc3)c3ccccc3-c3c(N(c4ccc(-c5ccc(-c6ccc7sc8ccccc8c7c6)cc5)cc4)c4ccc(-c5cccc6oc7ccccc7c56)cc4)cccc32)cc1. The zero-order chi connectivity index (χ0) is 46.2. The van der Waals surface area contributed by atoms with Crippen molar-refractivity contribution in [2.45, 2.75) is 5.41 Å². The predicted octanol–water partition coefficient (Wildman–Crippen LogP) is 18.8. The van der Waals surface area contributed by atoms with Gasteiger partial charge in [-0.15, -0.1) is 11.3 Å². The maximum Gasteiger partial charge on any atom is 0.136 e. The number of hydrogen-bond acceptors (Lipinski definition) is 3. The summed E-state index contributed by atoms with van der Waals surface area (Å²) in [6.07, 6.45) is 0. The van der Waals surface area contributed by atoms with Gasteiger partial charge in [0.1, 0.15) is 11.2 Å². The third-order valence-corrected chi connectivity index (χ3v) is 15.7. The van der Waals surface area contributed by atoms with Gasteiger partial charge in [-0.1, -0.05) is 200 Å². The van der Waals surface area contributed by atoms with Crippen LogP contribution in [0.15, 0.2) is 265 Å². The van der Waals surface area contributed by atoms with E-state index < -0.39 is 5.41 Å². The fraction of sp³-hybridized carbons (Fsp3) is 0.0149. The number of hydrogen-bond donors (Lipinski definition) is 0. The molecule has 0 atom stereocenters. The van der Waals surface area contributed by atoms with Gasteiger partial charge in [0.2, 0.25) is 0 Å². The topological polar surface area (TPSA) is 16.4 Å². The summed E-state index contributed by atoms with van der Waals surface area (Å²) in [6, 6.07) is 95.6. The molecule has 0 radical (unpaired) electrons. The second-order valence-corrected chi connectivity index (χ2v) is 19.4. The van der Waals surface area contributed by atoms with Gasteiger partial charge >= 0.3 is 0 Å². The monoisotopic (exact) mass is 909 g/mol. The van der Waals surface area contributed by atoms with E-state index in [1.165, 1.54) is 75.8 Å². The van der Waals surface area contributed by atoms with E-state index in [1.54, 1.807) is 0 Å². The van der Waals surface area contributed by atoms with Crippen molar-refractivity contribution in [3.05, 3.63) is 283 Å². The molecule has 2 heterocycles. The standard InChI is InChI=1S/C67H43NOS/c1-3-15-49(16-4-1)67(50-17-5-2-6-18-50)58-23-10-7-20-55(58)66-59(67)24-14-25-60(66)68(52-40-35-47(36-41-52)53-22-13-27-62-65(53)56-21-8-11-26-61(56)69-62)51-38-33-45(34-39-51)44-29-31-46(32-30-44)48-37-42-64-57(43-48)54-19-9-12-28-63(54)70-64/h1-43H. The highest BCUT2D eigenvalue weighted by molar-refractivity contribution is 7.25. The number of benzene rings is 11. The molecule has 0 amide bonds. The lowest BCUT2D eigenvalue weighted by Gasteiger charge is -2.34. The highest BCUT2D eigenvalue weighted by Crippen LogP contribution is 2.59. The van der Waals surface area contributed by atoms with E-state index in [-0.39, 0.29) is 0 Å².